The molecule has 0 aliphatic heterocycles. The van der Waals surface area contributed by atoms with E-state index in [-0.39, 0.29) is 5.92 Å². The second kappa shape index (κ2) is 8.72. The molecule has 2 atom stereocenters. The molecule has 6 heteroatoms. The normalized spacial score (nSPS) is 14.7. The highest BCUT2D eigenvalue weighted by Crippen LogP contribution is 2.58. The van der Waals surface area contributed by atoms with Crippen molar-refractivity contribution in [3.63, 3.8) is 0 Å². The highest BCUT2D eigenvalue weighted by Gasteiger charge is 2.36. The second-order valence-electron chi connectivity index (χ2n) is 6.84. The smallest absolute Gasteiger partial charge is 0.264 e. The fourth-order valence-corrected chi connectivity index (χ4v) is 4.70. The first-order chi connectivity index (χ1) is 12.3. The molecule has 142 valence electrons. The van der Waals surface area contributed by atoms with E-state index >= 15 is 0 Å². The van der Waals surface area contributed by atoms with E-state index in [2.05, 4.69) is 0 Å². The Morgan fingerprint density at radius 2 is 1.62 bits per heavy atom. The van der Waals surface area contributed by atoms with Gasteiger partial charge >= 0.3 is 0 Å². The van der Waals surface area contributed by atoms with Crippen molar-refractivity contribution < 1.29 is 18.9 Å². The average molecular weight is 377 g/mol. The zero-order valence-electron chi connectivity index (χ0n) is 16.0. The molecular formula is C20H28NO4P. The Morgan fingerprint density at radius 3 is 2.08 bits per heavy atom. The zero-order valence-corrected chi connectivity index (χ0v) is 16.9. The number of rotatable bonds is 8. The SMILES string of the molecule is COc1ccc([C@H](O)[P@](=O)(OCC(C)C)c2ccc(N(C)C)cc2)cc1. The van der Waals surface area contributed by atoms with Crippen LogP contribution in [0.1, 0.15) is 25.3 Å². The summed E-state index contributed by atoms with van der Waals surface area (Å²) in [7, 11) is 1.94. The molecule has 0 amide bonds. The van der Waals surface area contributed by atoms with Crippen molar-refractivity contribution >= 4 is 18.4 Å². The van der Waals surface area contributed by atoms with Crippen LogP contribution in [0.25, 0.3) is 0 Å². The fraction of sp³-hybridized carbons (Fsp3) is 0.400. The van der Waals surface area contributed by atoms with Crippen LogP contribution < -0.4 is 14.9 Å². The minimum absolute atomic E-state index is 0.201. The number of ether oxygens (including phenoxy) is 1. The third kappa shape index (κ3) is 4.67. The lowest BCUT2D eigenvalue weighted by Gasteiger charge is -2.26. The maximum Gasteiger partial charge on any atom is 0.264 e. The van der Waals surface area contributed by atoms with Gasteiger partial charge in [-0.2, -0.15) is 0 Å². The van der Waals surface area contributed by atoms with Gasteiger partial charge in [0.25, 0.3) is 7.37 Å². The molecule has 0 fully saturated rings. The van der Waals surface area contributed by atoms with Crippen LogP contribution >= 0.6 is 7.37 Å². The van der Waals surface area contributed by atoms with Crippen LogP contribution in [-0.4, -0.2) is 32.9 Å². The van der Waals surface area contributed by atoms with Gasteiger partial charge in [0.2, 0.25) is 0 Å². The van der Waals surface area contributed by atoms with Crippen LogP contribution in [0.5, 0.6) is 5.75 Å². The first-order valence-corrected chi connectivity index (χ1v) is 10.3. The number of hydrogen-bond donors (Lipinski definition) is 1. The summed E-state index contributed by atoms with van der Waals surface area (Å²) >= 11 is 0. The molecule has 0 unspecified atom stereocenters. The molecule has 0 radical (unpaired) electrons. The van der Waals surface area contributed by atoms with Gasteiger partial charge in [0, 0.05) is 25.1 Å². The van der Waals surface area contributed by atoms with Crippen molar-refractivity contribution in [1.82, 2.24) is 0 Å². The van der Waals surface area contributed by atoms with Crippen molar-refractivity contribution in [2.45, 2.75) is 19.7 Å². The van der Waals surface area contributed by atoms with E-state index in [1.165, 1.54) is 0 Å². The number of benzene rings is 2. The molecule has 1 N–H and O–H groups in total. The van der Waals surface area contributed by atoms with E-state index in [9.17, 15) is 9.67 Å². The van der Waals surface area contributed by atoms with Crippen molar-refractivity contribution in [2.24, 2.45) is 5.92 Å². The Morgan fingerprint density at radius 1 is 1.04 bits per heavy atom. The van der Waals surface area contributed by atoms with Gasteiger partial charge in [0.1, 0.15) is 5.75 Å². The molecule has 0 saturated carbocycles. The van der Waals surface area contributed by atoms with Crippen LogP contribution in [-0.2, 0) is 9.09 Å². The molecule has 0 aliphatic rings. The topological polar surface area (TPSA) is 59.0 Å². The Labute approximate surface area is 156 Å². The summed E-state index contributed by atoms with van der Waals surface area (Å²) in [5.74, 6) is -0.362. The standard InChI is InChI=1S/C20H28NO4P/c1-15(2)14-25-26(23,19-12-8-17(9-13-19)21(3)4)20(22)16-6-10-18(24-5)11-7-16/h6-13,15,20,22H,14H2,1-5H3/t20-,26-/m1/s1. The van der Waals surface area contributed by atoms with E-state index in [0.717, 1.165) is 5.69 Å². The minimum atomic E-state index is -3.52. The van der Waals surface area contributed by atoms with Gasteiger partial charge in [-0.25, -0.2) is 0 Å². The van der Waals surface area contributed by atoms with Crippen LogP contribution in [0, 0.1) is 5.92 Å². The first kappa shape index (κ1) is 20.5. The molecule has 5 nitrogen and oxygen atoms in total. The summed E-state index contributed by atoms with van der Waals surface area (Å²) in [6.07, 6.45) is 0. The van der Waals surface area contributed by atoms with Gasteiger partial charge in [0.05, 0.1) is 13.7 Å². The lowest BCUT2D eigenvalue weighted by molar-refractivity contribution is 0.202. The van der Waals surface area contributed by atoms with Crippen LogP contribution in [0.15, 0.2) is 48.5 Å². The number of aliphatic hydroxyl groups is 1. The van der Waals surface area contributed by atoms with Gasteiger partial charge < -0.3 is 19.3 Å². The molecule has 0 aliphatic carbocycles. The van der Waals surface area contributed by atoms with Crippen molar-refractivity contribution in [2.75, 3.05) is 32.7 Å². The monoisotopic (exact) mass is 377 g/mol. The summed E-state index contributed by atoms with van der Waals surface area (Å²) in [6, 6.07) is 14.2. The molecule has 0 saturated heterocycles. The van der Waals surface area contributed by atoms with E-state index in [4.69, 9.17) is 9.26 Å². The third-order valence-electron chi connectivity index (χ3n) is 4.06. The third-order valence-corrected chi connectivity index (χ3v) is 6.55. The maximum absolute atomic E-state index is 13.7. The van der Waals surface area contributed by atoms with Crippen LogP contribution in [0.4, 0.5) is 5.69 Å². The Hall–Kier alpha value is -1.81. The average Bonchev–Trinajstić information content (AvgIpc) is 2.65. The summed E-state index contributed by atoms with van der Waals surface area (Å²) in [6.45, 7) is 4.28. The van der Waals surface area contributed by atoms with Gasteiger partial charge in [-0.1, -0.05) is 26.0 Å². The molecule has 2 aromatic rings. The molecule has 0 spiro atoms. The van der Waals surface area contributed by atoms with Gasteiger partial charge in [-0.05, 0) is 47.9 Å². The van der Waals surface area contributed by atoms with E-state index in [1.54, 1.807) is 43.5 Å². The highest BCUT2D eigenvalue weighted by molar-refractivity contribution is 7.67. The zero-order chi connectivity index (χ0) is 19.3. The summed E-state index contributed by atoms with van der Waals surface area (Å²) in [5, 5.41) is 11.4. The van der Waals surface area contributed by atoms with Crippen molar-refractivity contribution in [3.8, 4) is 5.75 Å². The van der Waals surface area contributed by atoms with Crippen LogP contribution in [0.3, 0.4) is 0 Å². The Bertz CT molecular complexity index is 741. The molecule has 0 heterocycles. The largest absolute Gasteiger partial charge is 0.497 e. The Balaban J connectivity index is 2.40. The predicted octanol–water partition coefficient (Wildman–Crippen LogP) is 4.03. The molecular weight excluding hydrogens is 349 g/mol. The number of hydrogen-bond acceptors (Lipinski definition) is 5. The lowest BCUT2D eigenvalue weighted by atomic mass is 10.2. The maximum atomic E-state index is 13.7. The number of aliphatic hydroxyl groups excluding tert-OH is 1. The summed E-state index contributed by atoms with van der Waals surface area (Å²) < 4.78 is 24.7. The fourth-order valence-electron chi connectivity index (χ4n) is 2.48. The molecule has 0 bridgehead atoms. The predicted molar refractivity (Wildman–Crippen MR) is 107 cm³/mol. The molecule has 2 aromatic carbocycles. The molecule has 0 aromatic heterocycles. The summed E-state index contributed by atoms with van der Waals surface area (Å²) in [5.41, 5.74) is 1.53. The first-order valence-electron chi connectivity index (χ1n) is 8.62. The van der Waals surface area contributed by atoms with Crippen LogP contribution in [0.2, 0.25) is 0 Å². The van der Waals surface area contributed by atoms with E-state index < -0.39 is 13.2 Å². The molecule has 2 rings (SSSR count). The van der Waals surface area contributed by atoms with Crippen molar-refractivity contribution in [3.05, 3.63) is 54.1 Å². The quantitative estimate of drug-likeness (QED) is 0.704. The highest BCUT2D eigenvalue weighted by atomic mass is 31.2. The number of anilines is 1. The van der Waals surface area contributed by atoms with Gasteiger partial charge in [-0.15, -0.1) is 0 Å². The van der Waals surface area contributed by atoms with Crippen molar-refractivity contribution in [1.29, 1.82) is 0 Å². The Kier molecular flexibility index (Phi) is 6.87. The van der Waals surface area contributed by atoms with Gasteiger partial charge in [0.15, 0.2) is 5.85 Å². The molecule has 26 heavy (non-hydrogen) atoms. The number of methoxy groups -OCH3 is 1. The van der Waals surface area contributed by atoms with E-state index in [0.29, 0.717) is 23.2 Å². The second-order valence-corrected chi connectivity index (χ2v) is 9.30. The van der Waals surface area contributed by atoms with Gasteiger partial charge in [-0.3, -0.25) is 4.57 Å². The number of nitrogens with zero attached hydrogens (tertiary/aromatic N) is 1. The van der Waals surface area contributed by atoms with E-state index in [1.807, 2.05) is 45.0 Å². The lowest BCUT2D eigenvalue weighted by Crippen LogP contribution is -2.17. The minimum Gasteiger partial charge on any atom is -0.497 e. The summed E-state index contributed by atoms with van der Waals surface area (Å²) in [4.78, 5) is 1.96.